The average Bonchev–Trinajstić information content (AvgIpc) is 2.06. The van der Waals surface area contributed by atoms with Crippen LogP contribution in [0.5, 0.6) is 0 Å². The van der Waals surface area contributed by atoms with Gasteiger partial charge in [-0.25, -0.2) is 9.59 Å². The Morgan fingerprint density at radius 1 is 1.00 bits per heavy atom. The van der Waals surface area contributed by atoms with Gasteiger partial charge in [-0.15, -0.1) is 0 Å². The highest BCUT2D eigenvalue weighted by Crippen LogP contribution is 1.98. The Kier molecular flexibility index (Phi) is 5.96. The average molecular weight is 186 g/mol. The monoisotopic (exact) mass is 186 g/mol. The third kappa shape index (κ3) is 10.2. The summed E-state index contributed by atoms with van der Waals surface area (Å²) in [5, 5.41) is 15.0. The van der Waals surface area contributed by atoms with E-state index in [2.05, 4.69) is 29.0 Å². The fourth-order valence-electron chi connectivity index (χ4n) is 0.617. The van der Waals surface area contributed by atoms with E-state index in [0.29, 0.717) is 0 Å². The summed E-state index contributed by atoms with van der Waals surface area (Å²) in [6.45, 7) is 0. The first kappa shape index (κ1) is 11.2. The van der Waals surface area contributed by atoms with E-state index < -0.39 is 12.3 Å². The summed E-state index contributed by atoms with van der Waals surface area (Å²) in [4.78, 5) is 18.4. The van der Waals surface area contributed by atoms with Crippen molar-refractivity contribution in [2.45, 2.75) is 12.8 Å². The molecule has 13 heavy (non-hydrogen) atoms. The molecule has 1 aliphatic carbocycles. The maximum Gasteiger partial charge on any atom is 0.516 e. The molecular weight excluding hydrogens is 176 g/mol. The number of rotatable bonds is 0. The molecule has 0 atom stereocenters. The number of hydrogen-bond donors (Lipinski definition) is 2. The van der Waals surface area contributed by atoms with E-state index in [4.69, 9.17) is 10.2 Å². The predicted octanol–water partition coefficient (Wildman–Crippen LogP) is 2.25. The lowest BCUT2D eigenvalue weighted by Gasteiger charge is -1.88. The van der Waals surface area contributed by atoms with Crippen molar-refractivity contribution in [3.8, 4) is 0 Å². The van der Waals surface area contributed by atoms with Gasteiger partial charge < -0.3 is 14.9 Å². The first-order chi connectivity index (χ1) is 6.13. The molecule has 0 amide bonds. The smallest absolute Gasteiger partial charge is 0.449 e. The lowest BCUT2D eigenvalue weighted by Crippen LogP contribution is -2.05. The molecule has 2 N–H and O–H groups in total. The molecule has 0 aromatic heterocycles. The zero-order chi connectivity index (χ0) is 10.1. The van der Waals surface area contributed by atoms with Crippen LogP contribution in [0.25, 0.3) is 0 Å². The quantitative estimate of drug-likeness (QED) is 0.447. The van der Waals surface area contributed by atoms with Crippen LogP contribution in [0.1, 0.15) is 12.8 Å². The molecule has 0 bridgehead atoms. The molecule has 0 saturated carbocycles. The lowest BCUT2D eigenvalue weighted by atomic mass is 10.2. The molecule has 72 valence electrons. The van der Waals surface area contributed by atoms with Gasteiger partial charge in [-0.1, -0.05) is 24.3 Å². The highest BCUT2D eigenvalue weighted by atomic mass is 16.7. The normalized spacial score (nSPS) is 12.6. The molecule has 0 aliphatic heterocycles. The molecule has 0 heterocycles. The number of carbonyl (C=O) groups is 2. The number of allylic oxidation sites excluding steroid dienone is 4. The van der Waals surface area contributed by atoms with Gasteiger partial charge in [0.1, 0.15) is 0 Å². The molecule has 0 unspecified atom stereocenters. The Morgan fingerprint density at radius 3 is 1.46 bits per heavy atom. The summed E-state index contributed by atoms with van der Waals surface area (Å²) in [5.74, 6) is 0. The second kappa shape index (κ2) is 6.90. The van der Waals surface area contributed by atoms with Gasteiger partial charge in [-0.05, 0) is 12.8 Å². The molecule has 0 radical (unpaired) electrons. The topological polar surface area (TPSA) is 83.8 Å². The highest BCUT2D eigenvalue weighted by Gasteiger charge is 2.01. The zero-order valence-electron chi connectivity index (χ0n) is 6.84. The van der Waals surface area contributed by atoms with E-state index in [-0.39, 0.29) is 0 Å². The Bertz CT molecular complexity index is 205. The van der Waals surface area contributed by atoms with Gasteiger partial charge in [0.25, 0.3) is 0 Å². The molecule has 5 heteroatoms. The molecule has 5 nitrogen and oxygen atoms in total. The van der Waals surface area contributed by atoms with E-state index in [1.54, 1.807) is 0 Å². The van der Waals surface area contributed by atoms with E-state index in [1.165, 1.54) is 12.8 Å². The molecule has 0 saturated heterocycles. The van der Waals surface area contributed by atoms with Crippen molar-refractivity contribution in [3.63, 3.8) is 0 Å². The second-order valence-corrected chi connectivity index (χ2v) is 2.07. The first-order valence-electron chi connectivity index (χ1n) is 3.58. The van der Waals surface area contributed by atoms with Crippen molar-refractivity contribution in [1.82, 2.24) is 0 Å². The Morgan fingerprint density at radius 2 is 1.38 bits per heavy atom. The Hall–Kier alpha value is -1.78. The van der Waals surface area contributed by atoms with Gasteiger partial charge >= 0.3 is 12.3 Å². The largest absolute Gasteiger partial charge is 0.516 e. The SMILES string of the molecule is C1=CCCC=C1.O=C(O)OC(=O)O. The van der Waals surface area contributed by atoms with Gasteiger partial charge in [0.2, 0.25) is 0 Å². The summed E-state index contributed by atoms with van der Waals surface area (Å²) >= 11 is 0. The fourth-order valence-corrected chi connectivity index (χ4v) is 0.617. The van der Waals surface area contributed by atoms with Gasteiger partial charge in [0.15, 0.2) is 0 Å². The third-order valence-corrected chi connectivity index (χ3v) is 1.06. The molecule has 0 aromatic rings. The fraction of sp³-hybridized carbons (Fsp3) is 0.250. The Labute approximate surface area is 74.9 Å². The van der Waals surface area contributed by atoms with Crippen molar-refractivity contribution >= 4 is 12.3 Å². The van der Waals surface area contributed by atoms with Crippen LogP contribution in [0.3, 0.4) is 0 Å². The van der Waals surface area contributed by atoms with Crippen molar-refractivity contribution in [2.75, 3.05) is 0 Å². The van der Waals surface area contributed by atoms with Gasteiger partial charge in [-0.2, -0.15) is 0 Å². The molecule has 1 rings (SSSR count). The highest BCUT2D eigenvalue weighted by molar-refractivity contribution is 5.74. The van der Waals surface area contributed by atoms with Crippen LogP contribution in [-0.4, -0.2) is 22.5 Å². The molecule has 0 fully saturated rings. The number of ether oxygens (including phenoxy) is 1. The minimum atomic E-state index is -1.81. The van der Waals surface area contributed by atoms with Crippen LogP contribution < -0.4 is 0 Å². The number of carboxylic acid groups (broad SMARTS) is 2. The summed E-state index contributed by atoms with van der Waals surface area (Å²) < 4.78 is 3.08. The van der Waals surface area contributed by atoms with Gasteiger partial charge in [-0.3, -0.25) is 0 Å². The Balaban J connectivity index is 0.000000223. The van der Waals surface area contributed by atoms with E-state index >= 15 is 0 Å². The van der Waals surface area contributed by atoms with Gasteiger partial charge in [0.05, 0.1) is 0 Å². The van der Waals surface area contributed by atoms with E-state index in [1.807, 2.05) is 0 Å². The minimum Gasteiger partial charge on any atom is -0.449 e. The predicted molar refractivity (Wildman–Crippen MR) is 44.6 cm³/mol. The van der Waals surface area contributed by atoms with Crippen molar-refractivity contribution in [1.29, 1.82) is 0 Å². The third-order valence-electron chi connectivity index (χ3n) is 1.06. The van der Waals surface area contributed by atoms with E-state index in [0.717, 1.165) is 0 Å². The molecular formula is C8H10O5. The van der Waals surface area contributed by atoms with Crippen LogP contribution >= 0.6 is 0 Å². The second-order valence-electron chi connectivity index (χ2n) is 2.07. The maximum absolute atomic E-state index is 9.21. The van der Waals surface area contributed by atoms with Gasteiger partial charge in [0, 0.05) is 0 Å². The number of hydrogen-bond acceptors (Lipinski definition) is 3. The van der Waals surface area contributed by atoms with Crippen LogP contribution in [0.2, 0.25) is 0 Å². The molecule has 0 spiro atoms. The minimum absolute atomic E-state index is 1.23. The lowest BCUT2D eigenvalue weighted by molar-refractivity contribution is 0.0802. The molecule has 1 aliphatic rings. The standard InChI is InChI=1S/C6H8.C2H2O5/c1-2-4-6-5-3-1;3-1(4)7-2(5)6/h1-4H,5-6H2;(H,3,4)(H,5,6). The maximum atomic E-state index is 9.21. The summed E-state index contributed by atoms with van der Waals surface area (Å²) in [7, 11) is 0. The summed E-state index contributed by atoms with van der Waals surface area (Å²) in [6, 6.07) is 0. The van der Waals surface area contributed by atoms with Crippen molar-refractivity contribution < 1.29 is 24.5 Å². The molecule has 0 aromatic carbocycles. The summed E-state index contributed by atoms with van der Waals surface area (Å²) in [6.07, 6.45) is 7.38. The summed E-state index contributed by atoms with van der Waals surface area (Å²) in [5.41, 5.74) is 0. The van der Waals surface area contributed by atoms with Crippen molar-refractivity contribution in [2.24, 2.45) is 0 Å². The first-order valence-corrected chi connectivity index (χ1v) is 3.58. The van der Waals surface area contributed by atoms with Crippen LogP contribution in [0.15, 0.2) is 24.3 Å². The van der Waals surface area contributed by atoms with Crippen LogP contribution in [0.4, 0.5) is 9.59 Å². The van der Waals surface area contributed by atoms with Crippen molar-refractivity contribution in [3.05, 3.63) is 24.3 Å². The zero-order valence-corrected chi connectivity index (χ0v) is 6.84. The van der Waals surface area contributed by atoms with Crippen LogP contribution in [-0.2, 0) is 4.74 Å². The van der Waals surface area contributed by atoms with Crippen LogP contribution in [0, 0.1) is 0 Å². The van der Waals surface area contributed by atoms with E-state index in [9.17, 15) is 9.59 Å².